The van der Waals surface area contributed by atoms with Gasteiger partial charge in [-0.25, -0.2) is 0 Å². The Hall–Kier alpha value is -3.34. The van der Waals surface area contributed by atoms with Crippen molar-refractivity contribution >= 4 is 23.2 Å². The van der Waals surface area contributed by atoms with Gasteiger partial charge in [-0.15, -0.1) is 0 Å². The summed E-state index contributed by atoms with van der Waals surface area (Å²) in [6.07, 6.45) is -5.08. The van der Waals surface area contributed by atoms with Crippen LogP contribution in [0.5, 0.6) is 0 Å². The number of carbonyl (C=O) groups excluding carboxylic acids is 2. The quantitative estimate of drug-likeness (QED) is 0.830. The molecule has 0 aliphatic rings. The Kier molecular flexibility index (Phi) is 5.39. The molecule has 2 aromatic carbocycles. The van der Waals surface area contributed by atoms with E-state index in [1.165, 1.54) is 30.3 Å². The third-order valence-corrected chi connectivity index (χ3v) is 3.09. The molecule has 0 bridgehead atoms. The standard InChI is InChI=1S/C17H12F3N3O2/c18-17(19,20)12-2-1-3-14(8-12)23-16(25)9-15(24)22-13-6-4-11(10-21)5-7-13/h1-8H,9H2,(H,22,24)(H,23,25). The largest absolute Gasteiger partial charge is 0.416 e. The minimum Gasteiger partial charge on any atom is -0.326 e. The van der Waals surface area contributed by atoms with Gasteiger partial charge >= 0.3 is 6.18 Å². The number of nitrogens with one attached hydrogen (secondary N) is 2. The second-order valence-electron chi connectivity index (χ2n) is 5.04. The Balaban J connectivity index is 1.93. The van der Waals surface area contributed by atoms with Gasteiger partial charge in [0.2, 0.25) is 11.8 Å². The Bertz CT molecular complexity index is 824. The van der Waals surface area contributed by atoms with Crippen molar-refractivity contribution in [3.8, 4) is 6.07 Å². The van der Waals surface area contributed by atoms with E-state index in [0.717, 1.165) is 18.2 Å². The Morgan fingerprint density at radius 1 is 0.960 bits per heavy atom. The minimum absolute atomic E-state index is 0.0500. The van der Waals surface area contributed by atoms with Crippen LogP contribution in [0.25, 0.3) is 0 Å². The second-order valence-corrected chi connectivity index (χ2v) is 5.04. The van der Waals surface area contributed by atoms with E-state index in [1.807, 2.05) is 6.07 Å². The van der Waals surface area contributed by atoms with Crippen LogP contribution in [0, 0.1) is 11.3 Å². The molecule has 2 aromatic rings. The van der Waals surface area contributed by atoms with E-state index in [0.29, 0.717) is 11.3 Å². The number of hydrogen-bond donors (Lipinski definition) is 2. The normalized spacial score (nSPS) is 10.6. The fourth-order valence-electron chi connectivity index (χ4n) is 1.96. The van der Waals surface area contributed by atoms with Crippen molar-refractivity contribution in [2.45, 2.75) is 12.6 Å². The summed E-state index contributed by atoms with van der Waals surface area (Å²) in [5.41, 5.74) is -0.130. The number of amides is 2. The lowest BCUT2D eigenvalue weighted by atomic mass is 10.2. The second kappa shape index (κ2) is 7.49. The molecule has 8 heteroatoms. The SMILES string of the molecule is N#Cc1ccc(NC(=O)CC(=O)Nc2cccc(C(F)(F)F)c2)cc1. The summed E-state index contributed by atoms with van der Waals surface area (Å²) in [5.74, 6) is -1.38. The third-order valence-electron chi connectivity index (χ3n) is 3.09. The number of nitriles is 1. The molecule has 2 N–H and O–H groups in total. The number of anilines is 2. The van der Waals surface area contributed by atoms with Crippen LogP contribution in [0.15, 0.2) is 48.5 Å². The Morgan fingerprint density at radius 3 is 2.12 bits per heavy atom. The van der Waals surface area contributed by atoms with Crippen molar-refractivity contribution in [2.24, 2.45) is 0 Å². The molecule has 0 aromatic heterocycles. The van der Waals surface area contributed by atoms with E-state index < -0.39 is 30.0 Å². The van der Waals surface area contributed by atoms with Gasteiger partial charge < -0.3 is 10.6 Å². The fraction of sp³-hybridized carbons (Fsp3) is 0.118. The van der Waals surface area contributed by atoms with Gasteiger partial charge in [-0.1, -0.05) is 6.07 Å². The summed E-state index contributed by atoms with van der Waals surface area (Å²) < 4.78 is 37.8. The van der Waals surface area contributed by atoms with Crippen LogP contribution in [0.3, 0.4) is 0 Å². The molecule has 0 fully saturated rings. The smallest absolute Gasteiger partial charge is 0.326 e. The van der Waals surface area contributed by atoms with E-state index in [9.17, 15) is 22.8 Å². The lowest BCUT2D eigenvalue weighted by Gasteiger charge is -2.10. The summed E-state index contributed by atoms with van der Waals surface area (Å²) in [4.78, 5) is 23.6. The molecule has 0 radical (unpaired) electrons. The lowest BCUT2D eigenvalue weighted by Crippen LogP contribution is -2.21. The number of hydrogen-bond acceptors (Lipinski definition) is 3. The molecular formula is C17H12F3N3O2. The highest BCUT2D eigenvalue weighted by molar-refractivity contribution is 6.08. The van der Waals surface area contributed by atoms with Gasteiger partial charge in [0.1, 0.15) is 6.42 Å². The van der Waals surface area contributed by atoms with E-state index >= 15 is 0 Å². The van der Waals surface area contributed by atoms with Crippen LogP contribution in [0.4, 0.5) is 24.5 Å². The van der Waals surface area contributed by atoms with Crippen molar-refractivity contribution in [3.63, 3.8) is 0 Å². The molecule has 0 aliphatic heterocycles. The molecule has 0 saturated heterocycles. The zero-order valence-corrected chi connectivity index (χ0v) is 12.7. The van der Waals surface area contributed by atoms with Crippen LogP contribution < -0.4 is 10.6 Å². The first-order valence-corrected chi connectivity index (χ1v) is 7.05. The zero-order chi connectivity index (χ0) is 18.4. The number of nitrogens with zero attached hydrogens (tertiary/aromatic N) is 1. The van der Waals surface area contributed by atoms with Crippen LogP contribution in [0.2, 0.25) is 0 Å². The molecule has 0 unspecified atom stereocenters. The van der Waals surface area contributed by atoms with Gasteiger partial charge in [0.25, 0.3) is 0 Å². The molecule has 128 valence electrons. The Labute approximate surface area is 141 Å². The first-order valence-electron chi connectivity index (χ1n) is 7.05. The van der Waals surface area contributed by atoms with Gasteiger partial charge in [0.05, 0.1) is 17.2 Å². The summed E-state index contributed by atoms with van der Waals surface area (Å²) >= 11 is 0. The van der Waals surface area contributed by atoms with E-state index in [2.05, 4.69) is 10.6 Å². The fourth-order valence-corrected chi connectivity index (χ4v) is 1.96. The Morgan fingerprint density at radius 2 is 1.56 bits per heavy atom. The van der Waals surface area contributed by atoms with Crippen LogP contribution in [-0.2, 0) is 15.8 Å². The lowest BCUT2D eigenvalue weighted by molar-refractivity contribution is -0.137. The van der Waals surface area contributed by atoms with Gasteiger partial charge in [-0.3, -0.25) is 9.59 Å². The maximum absolute atomic E-state index is 12.6. The number of benzene rings is 2. The molecule has 0 aliphatic carbocycles. The first kappa shape index (κ1) is 18.0. The van der Waals surface area contributed by atoms with Crippen LogP contribution >= 0.6 is 0 Å². The van der Waals surface area contributed by atoms with Crippen molar-refractivity contribution < 1.29 is 22.8 Å². The van der Waals surface area contributed by atoms with Crippen molar-refractivity contribution in [1.82, 2.24) is 0 Å². The maximum Gasteiger partial charge on any atom is 0.416 e. The maximum atomic E-state index is 12.6. The van der Waals surface area contributed by atoms with Gasteiger partial charge in [-0.2, -0.15) is 18.4 Å². The molecule has 0 saturated carbocycles. The monoisotopic (exact) mass is 347 g/mol. The predicted octanol–water partition coefficient (Wildman–Crippen LogP) is 3.54. The molecule has 2 amide bonds. The van der Waals surface area contributed by atoms with Gasteiger partial charge in [0, 0.05) is 11.4 Å². The van der Waals surface area contributed by atoms with Crippen LogP contribution in [0.1, 0.15) is 17.5 Å². The number of rotatable bonds is 4. The zero-order valence-electron chi connectivity index (χ0n) is 12.7. The molecule has 0 atom stereocenters. The topological polar surface area (TPSA) is 82.0 Å². The van der Waals surface area contributed by atoms with Gasteiger partial charge in [-0.05, 0) is 42.5 Å². The highest BCUT2D eigenvalue weighted by Gasteiger charge is 2.30. The van der Waals surface area contributed by atoms with E-state index in [1.54, 1.807) is 0 Å². The minimum atomic E-state index is -4.52. The average Bonchev–Trinajstić information content (AvgIpc) is 2.54. The first-order chi connectivity index (χ1) is 11.8. The number of carbonyl (C=O) groups is 2. The summed E-state index contributed by atoms with van der Waals surface area (Å²) in [5, 5.41) is 13.4. The molecule has 25 heavy (non-hydrogen) atoms. The van der Waals surface area contributed by atoms with E-state index in [-0.39, 0.29) is 5.69 Å². The highest BCUT2D eigenvalue weighted by atomic mass is 19.4. The summed E-state index contributed by atoms with van der Waals surface area (Å²) in [6, 6.07) is 12.1. The predicted molar refractivity (Wildman–Crippen MR) is 84.5 cm³/mol. The van der Waals surface area contributed by atoms with E-state index in [4.69, 9.17) is 5.26 Å². The van der Waals surface area contributed by atoms with Crippen molar-refractivity contribution in [3.05, 3.63) is 59.7 Å². The average molecular weight is 347 g/mol. The van der Waals surface area contributed by atoms with Crippen molar-refractivity contribution in [2.75, 3.05) is 10.6 Å². The molecule has 2 rings (SSSR count). The third kappa shape index (κ3) is 5.35. The molecular weight excluding hydrogens is 335 g/mol. The number of halogens is 3. The van der Waals surface area contributed by atoms with Crippen molar-refractivity contribution in [1.29, 1.82) is 5.26 Å². The summed E-state index contributed by atoms with van der Waals surface area (Å²) in [6.45, 7) is 0. The number of alkyl halides is 3. The highest BCUT2D eigenvalue weighted by Crippen LogP contribution is 2.30. The molecule has 5 nitrogen and oxygen atoms in total. The molecule has 0 spiro atoms. The van der Waals surface area contributed by atoms with Gasteiger partial charge in [0.15, 0.2) is 0 Å². The molecule has 0 heterocycles. The van der Waals surface area contributed by atoms with Crippen LogP contribution in [-0.4, -0.2) is 11.8 Å². The summed E-state index contributed by atoms with van der Waals surface area (Å²) in [7, 11) is 0.